The van der Waals surface area contributed by atoms with Gasteiger partial charge in [0.25, 0.3) is 5.91 Å². The van der Waals surface area contributed by atoms with Crippen LogP contribution in [0.2, 0.25) is 0 Å². The lowest BCUT2D eigenvalue weighted by molar-refractivity contribution is -0.145. The molecule has 1 aromatic rings. The maximum atomic E-state index is 13.1. The summed E-state index contributed by atoms with van der Waals surface area (Å²) in [6.45, 7) is 0. The molecule has 0 spiro atoms. The number of carbonyl (C=O) groups is 2. The summed E-state index contributed by atoms with van der Waals surface area (Å²) in [5, 5.41) is 0.0746. The summed E-state index contributed by atoms with van der Waals surface area (Å²) in [4.78, 5) is 27.1. The van der Waals surface area contributed by atoms with Crippen molar-refractivity contribution in [3.8, 4) is 0 Å². The zero-order chi connectivity index (χ0) is 17.1. The number of rotatable bonds is 3. The van der Waals surface area contributed by atoms with E-state index in [2.05, 4.69) is 15.9 Å². The van der Waals surface area contributed by atoms with Gasteiger partial charge >= 0.3 is 5.97 Å². The van der Waals surface area contributed by atoms with Crippen molar-refractivity contribution in [2.24, 2.45) is 5.92 Å². The van der Waals surface area contributed by atoms with Gasteiger partial charge in [-0.05, 0) is 43.0 Å². The van der Waals surface area contributed by atoms with Crippen LogP contribution in [0.3, 0.4) is 0 Å². The maximum absolute atomic E-state index is 13.1. The Kier molecular flexibility index (Phi) is 5.87. The lowest BCUT2D eigenvalue weighted by Gasteiger charge is -2.35. The first kappa shape index (κ1) is 17.8. The summed E-state index contributed by atoms with van der Waals surface area (Å²) in [5.74, 6) is 0.707. The van der Waals surface area contributed by atoms with Gasteiger partial charge in [0.1, 0.15) is 6.04 Å². The van der Waals surface area contributed by atoms with E-state index in [4.69, 9.17) is 4.74 Å². The van der Waals surface area contributed by atoms with Crippen LogP contribution in [0.4, 0.5) is 0 Å². The van der Waals surface area contributed by atoms with Crippen molar-refractivity contribution < 1.29 is 14.3 Å². The van der Waals surface area contributed by atoms with Crippen molar-refractivity contribution >= 4 is 39.6 Å². The van der Waals surface area contributed by atoms with E-state index >= 15 is 0 Å². The Morgan fingerprint density at radius 1 is 1.17 bits per heavy atom. The van der Waals surface area contributed by atoms with Gasteiger partial charge in [-0.1, -0.05) is 35.2 Å². The number of methoxy groups -OCH3 is 1. The lowest BCUT2D eigenvalue weighted by Crippen LogP contribution is -2.48. The first-order chi connectivity index (χ1) is 11.6. The number of benzene rings is 1. The number of thioether (sulfide) groups is 1. The van der Waals surface area contributed by atoms with Crippen LogP contribution in [0.5, 0.6) is 0 Å². The summed E-state index contributed by atoms with van der Waals surface area (Å²) in [6.07, 6.45) is 5.97. The van der Waals surface area contributed by atoms with Gasteiger partial charge in [0.2, 0.25) is 0 Å². The van der Waals surface area contributed by atoms with Crippen LogP contribution >= 0.6 is 27.7 Å². The van der Waals surface area contributed by atoms with E-state index in [0.29, 0.717) is 17.2 Å². The number of ether oxygens (including phenoxy) is 1. The molecule has 130 valence electrons. The maximum Gasteiger partial charge on any atom is 0.329 e. The zero-order valence-corrected chi connectivity index (χ0v) is 16.1. The Hall–Kier alpha value is -1.01. The summed E-state index contributed by atoms with van der Waals surface area (Å²) in [6, 6.07) is 6.85. The van der Waals surface area contributed by atoms with E-state index in [-0.39, 0.29) is 17.3 Å². The van der Waals surface area contributed by atoms with Crippen LogP contribution < -0.4 is 0 Å². The van der Waals surface area contributed by atoms with E-state index in [1.165, 1.54) is 26.4 Å². The van der Waals surface area contributed by atoms with Gasteiger partial charge in [0.05, 0.1) is 12.5 Å². The van der Waals surface area contributed by atoms with Crippen molar-refractivity contribution in [3.05, 3.63) is 34.3 Å². The zero-order valence-electron chi connectivity index (χ0n) is 13.7. The van der Waals surface area contributed by atoms with Crippen LogP contribution in [0, 0.1) is 5.92 Å². The Balaban J connectivity index is 1.87. The second kappa shape index (κ2) is 7.91. The highest BCUT2D eigenvalue weighted by Gasteiger charge is 2.45. The van der Waals surface area contributed by atoms with Crippen molar-refractivity contribution in [2.45, 2.75) is 43.5 Å². The number of hydrogen-bond acceptors (Lipinski definition) is 4. The van der Waals surface area contributed by atoms with Crippen LogP contribution in [0.15, 0.2) is 28.7 Å². The lowest BCUT2D eigenvalue weighted by atomic mass is 9.88. The van der Waals surface area contributed by atoms with Gasteiger partial charge in [0, 0.05) is 15.8 Å². The third-order valence-corrected chi connectivity index (χ3v) is 6.88. The van der Waals surface area contributed by atoms with Crippen LogP contribution in [0.1, 0.15) is 42.5 Å². The summed E-state index contributed by atoms with van der Waals surface area (Å²) < 4.78 is 5.89. The molecule has 0 radical (unpaired) electrons. The van der Waals surface area contributed by atoms with Crippen LogP contribution in [-0.2, 0) is 9.53 Å². The summed E-state index contributed by atoms with van der Waals surface area (Å²) in [5.41, 5.74) is 0.621. The van der Waals surface area contributed by atoms with Crippen LogP contribution in [0.25, 0.3) is 0 Å². The SMILES string of the molecule is COC(=O)[C@H]1CS[C@H](C2CCCCC2)N1C(=O)c1ccc(Br)cc1. The van der Waals surface area contributed by atoms with Crippen molar-refractivity contribution in [1.82, 2.24) is 4.90 Å². The molecular formula is C18H22BrNO3S. The fourth-order valence-corrected chi connectivity index (χ4v) is 5.51. The number of halogens is 1. The van der Waals surface area contributed by atoms with Gasteiger partial charge in [-0.25, -0.2) is 4.79 Å². The molecule has 6 heteroatoms. The number of carbonyl (C=O) groups excluding carboxylic acids is 2. The molecule has 2 aliphatic rings. The normalized spacial score (nSPS) is 24.8. The molecule has 0 bridgehead atoms. The molecule has 1 amide bonds. The third kappa shape index (κ3) is 3.64. The minimum atomic E-state index is -0.483. The molecule has 4 nitrogen and oxygen atoms in total. The first-order valence-electron chi connectivity index (χ1n) is 8.39. The first-order valence-corrected chi connectivity index (χ1v) is 10.2. The number of esters is 1. The molecule has 1 aliphatic heterocycles. The Morgan fingerprint density at radius 2 is 1.83 bits per heavy atom. The average molecular weight is 412 g/mol. The van der Waals surface area contributed by atoms with E-state index < -0.39 is 6.04 Å². The molecule has 1 heterocycles. The van der Waals surface area contributed by atoms with Crippen molar-refractivity contribution in [3.63, 3.8) is 0 Å². The average Bonchev–Trinajstić information content (AvgIpc) is 3.07. The molecular weight excluding hydrogens is 390 g/mol. The molecule has 2 atom stereocenters. The number of hydrogen-bond donors (Lipinski definition) is 0. The van der Waals surface area contributed by atoms with Gasteiger partial charge < -0.3 is 9.64 Å². The monoisotopic (exact) mass is 411 g/mol. The van der Waals surface area contributed by atoms with E-state index in [9.17, 15) is 9.59 Å². The minimum Gasteiger partial charge on any atom is -0.467 e. The largest absolute Gasteiger partial charge is 0.467 e. The summed E-state index contributed by atoms with van der Waals surface area (Å²) in [7, 11) is 1.39. The fraction of sp³-hybridized carbons (Fsp3) is 0.556. The number of amides is 1. The molecule has 3 rings (SSSR count). The summed E-state index contributed by atoms with van der Waals surface area (Å²) >= 11 is 5.13. The predicted octanol–water partition coefficient (Wildman–Crippen LogP) is 4.09. The second-order valence-corrected chi connectivity index (χ2v) is 8.45. The third-order valence-electron chi connectivity index (χ3n) is 4.89. The molecule has 0 N–H and O–H groups in total. The highest BCUT2D eigenvalue weighted by atomic mass is 79.9. The van der Waals surface area contributed by atoms with E-state index in [0.717, 1.165) is 17.3 Å². The molecule has 1 saturated heterocycles. The highest BCUT2D eigenvalue weighted by Crippen LogP contribution is 2.41. The van der Waals surface area contributed by atoms with E-state index in [1.54, 1.807) is 16.7 Å². The topological polar surface area (TPSA) is 46.6 Å². The molecule has 1 saturated carbocycles. The Morgan fingerprint density at radius 3 is 2.46 bits per heavy atom. The van der Waals surface area contributed by atoms with Crippen molar-refractivity contribution in [2.75, 3.05) is 12.9 Å². The van der Waals surface area contributed by atoms with Gasteiger partial charge in [-0.3, -0.25) is 4.79 Å². The molecule has 0 aromatic heterocycles. The molecule has 1 aromatic carbocycles. The minimum absolute atomic E-state index is 0.0709. The Bertz CT molecular complexity index is 601. The predicted molar refractivity (Wildman–Crippen MR) is 98.9 cm³/mol. The highest BCUT2D eigenvalue weighted by molar-refractivity contribution is 9.10. The molecule has 0 unspecified atom stereocenters. The van der Waals surface area contributed by atoms with Crippen LogP contribution in [-0.4, -0.2) is 41.1 Å². The number of nitrogens with zero attached hydrogens (tertiary/aromatic N) is 1. The van der Waals surface area contributed by atoms with E-state index in [1.807, 2.05) is 24.3 Å². The Labute approximate surface area is 155 Å². The standard InChI is InChI=1S/C18H22BrNO3S/c1-23-18(22)15-11-24-17(13-5-3-2-4-6-13)20(15)16(21)12-7-9-14(19)10-8-12/h7-10,13,15,17H,2-6,11H2,1H3/t15-,17-/m1/s1. The molecule has 1 aliphatic carbocycles. The van der Waals surface area contributed by atoms with Crippen molar-refractivity contribution in [1.29, 1.82) is 0 Å². The second-order valence-electron chi connectivity index (χ2n) is 6.38. The fourth-order valence-electron chi connectivity index (χ4n) is 3.63. The smallest absolute Gasteiger partial charge is 0.329 e. The quantitative estimate of drug-likeness (QED) is 0.702. The van der Waals surface area contributed by atoms with Gasteiger partial charge in [-0.15, -0.1) is 11.8 Å². The van der Waals surface area contributed by atoms with Gasteiger partial charge in [-0.2, -0.15) is 0 Å². The molecule has 24 heavy (non-hydrogen) atoms. The molecule has 2 fully saturated rings. The van der Waals surface area contributed by atoms with Gasteiger partial charge in [0.15, 0.2) is 0 Å².